The summed E-state index contributed by atoms with van der Waals surface area (Å²) in [5.74, 6) is -0.117. The van der Waals surface area contributed by atoms with Gasteiger partial charge in [0.1, 0.15) is 18.7 Å². The van der Waals surface area contributed by atoms with Crippen molar-refractivity contribution in [1.82, 2.24) is 10.6 Å². The Morgan fingerprint density at radius 3 is 2.07 bits per heavy atom. The van der Waals surface area contributed by atoms with Gasteiger partial charge in [-0.05, 0) is 35.4 Å². The van der Waals surface area contributed by atoms with Gasteiger partial charge in [-0.1, -0.05) is 97.9 Å². The number of ether oxygens (including phenoxy) is 3. The van der Waals surface area contributed by atoms with Crippen molar-refractivity contribution in [3.8, 4) is 0 Å². The van der Waals surface area contributed by atoms with E-state index in [2.05, 4.69) is 17.6 Å². The van der Waals surface area contributed by atoms with Crippen molar-refractivity contribution in [3.05, 3.63) is 108 Å². The second-order valence-corrected chi connectivity index (χ2v) is 11.1. The Morgan fingerprint density at radius 2 is 1.49 bits per heavy atom. The SMILES string of the molecule is COC(=O)[C@@H]1CS[C@@H]([C@H](C)CC[C@H](NC(=O)OCc2ccccc2)C(=O)OC(c2ccccc2)c2ccccc2)N1. The smallest absolute Gasteiger partial charge is 0.408 e. The summed E-state index contributed by atoms with van der Waals surface area (Å²) >= 11 is 1.65. The molecule has 1 saturated heterocycles. The first-order chi connectivity index (χ1) is 19.9. The molecule has 3 aromatic carbocycles. The fraction of sp³-hybridized carbons (Fsp3) is 0.344. The zero-order valence-electron chi connectivity index (χ0n) is 23.2. The summed E-state index contributed by atoms with van der Waals surface area (Å²) in [5, 5.41) is 6.07. The molecule has 4 rings (SSSR count). The van der Waals surface area contributed by atoms with E-state index in [1.54, 1.807) is 11.8 Å². The third-order valence-corrected chi connectivity index (χ3v) is 8.43. The van der Waals surface area contributed by atoms with Gasteiger partial charge < -0.3 is 19.5 Å². The number of thioether (sulfide) groups is 1. The number of carbonyl (C=O) groups is 3. The number of methoxy groups -OCH3 is 1. The number of esters is 2. The highest BCUT2D eigenvalue weighted by Gasteiger charge is 2.34. The zero-order chi connectivity index (χ0) is 29.0. The van der Waals surface area contributed by atoms with E-state index in [0.29, 0.717) is 18.6 Å². The number of benzene rings is 3. The Kier molecular flexibility index (Phi) is 11.2. The minimum Gasteiger partial charge on any atom is -0.468 e. The molecule has 1 aliphatic rings. The number of rotatable bonds is 12. The molecule has 0 bridgehead atoms. The maximum atomic E-state index is 13.6. The number of amides is 1. The molecular weight excluding hydrogens is 540 g/mol. The molecule has 41 heavy (non-hydrogen) atoms. The Labute approximate surface area is 245 Å². The molecule has 3 aromatic rings. The highest BCUT2D eigenvalue weighted by Crippen LogP contribution is 2.30. The topological polar surface area (TPSA) is 103 Å². The third-order valence-electron chi connectivity index (χ3n) is 6.95. The van der Waals surface area contributed by atoms with Crippen LogP contribution >= 0.6 is 11.8 Å². The van der Waals surface area contributed by atoms with Crippen molar-refractivity contribution in [2.75, 3.05) is 12.9 Å². The lowest BCUT2D eigenvalue weighted by atomic mass is 9.99. The van der Waals surface area contributed by atoms with Crippen LogP contribution in [0, 0.1) is 5.92 Å². The fourth-order valence-corrected chi connectivity index (χ4v) is 5.98. The van der Waals surface area contributed by atoms with Gasteiger partial charge in [-0.2, -0.15) is 0 Å². The predicted octanol–water partition coefficient (Wildman–Crippen LogP) is 5.23. The average molecular weight is 577 g/mol. The quantitative estimate of drug-likeness (QED) is 0.223. The number of nitrogens with one attached hydrogen (secondary N) is 2. The van der Waals surface area contributed by atoms with Gasteiger partial charge in [-0.15, -0.1) is 11.8 Å². The second kappa shape index (κ2) is 15.3. The Balaban J connectivity index is 1.45. The van der Waals surface area contributed by atoms with Crippen LogP contribution in [0.2, 0.25) is 0 Å². The van der Waals surface area contributed by atoms with E-state index in [1.165, 1.54) is 7.11 Å². The molecular formula is C32H36N2O6S. The van der Waals surface area contributed by atoms with Crippen molar-refractivity contribution in [1.29, 1.82) is 0 Å². The van der Waals surface area contributed by atoms with Crippen molar-refractivity contribution in [2.24, 2.45) is 5.92 Å². The van der Waals surface area contributed by atoms with E-state index in [0.717, 1.165) is 16.7 Å². The number of alkyl carbamates (subject to hydrolysis) is 1. The Morgan fingerprint density at radius 1 is 0.902 bits per heavy atom. The molecule has 0 saturated carbocycles. The van der Waals surface area contributed by atoms with E-state index in [9.17, 15) is 14.4 Å². The van der Waals surface area contributed by atoms with Crippen LogP contribution in [0.4, 0.5) is 4.79 Å². The molecule has 1 fully saturated rings. The Hall–Kier alpha value is -3.82. The first-order valence-corrected chi connectivity index (χ1v) is 14.7. The minimum absolute atomic E-state index is 0.0159. The van der Waals surface area contributed by atoms with Gasteiger partial charge in [0.2, 0.25) is 0 Å². The van der Waals surface area contributed by atoms with Gasteiger partial charge in [-0.3, -0.25) is 10.1 Å². The lowest BCUT2D eigenvalue weighted by Crippen LogP contribution is -2.43. The van der Waals surface area contributed by atoms with Gasteiger partial charge in [-0.25, -0.2) is 9.59 Å². The van der Waals surface area contributed by atoms with Crippen molar-refractivity contribution < 1.29 is 28.6 Å². The number of carbonyl (C=O) groups excluding carboxylic acids is 3. The summed E-state index contributed by atoms with van der Waals surface area (Å²) in [4.78, 5) is 38.4. The lowest BCUT2D eigenvalue weighted by molar-refractivity contribution is -0.150. The summed E-state index contributed by atoms with van der Waals surface area (Å²) < 4.78 is 16.4. The first-order valence-electron chi connectivity index (χ1n) is 13.7. The van der Waals surface area contributed by atoms with Crippen LogP contribution in [-0.2, 0) is 30.4 Å². The van der Waals surface area contributed by atoms with Gasteiger partial charge >= 0.3 is 18.0 Å². The number of hydrogen-bond donors (Lipinski definition) is 2. The van der Waals surface area contributed by atoms with Crippen LogP contribution in [-0.4, -0.2) is 48.4 Å². The molecule has 2 N–H and O–H groups in total. The molecule has 1 heterocycles. The molecule has 1 aliphatic heterocycles. The summed E-state index contributed by atoms with van der Waals surface area (Å²) in [6.45, 7) is 2.14. The third kappa shape index (κ3) is 8.83. The predicted molar refractivity (Wildman–Crippen MR) is 158 cm³/mol. The van der Waals surface area contributed by atoms with E-state index in [-0.39, 0.29) is 29.9 Å². The molecule has 0 radical (unpaired) electrons. The highest BCUT2D eigenvalue weighted by atomic mass is 32.2. The summed E-state index contributed by atoms with van der Waals surface area (Å²) in [5.41, 5.74) is 2.49. The second-order valence-electron chi connectivity index (χ2n) is 9.95. The lowest BCUT2D eigenvalue weighted by Gasteiger charge is -2.25. The van der Waals surface area contributed by atoms with Crippen LogP contribution in [0.25, 0.3) is 0 Å². The molecule has 0 aromatic heterocycles. The summed E-state index contributed by atoms with van der Waals surface area (Å²) in [6, 6.07) is 27.1. The van der Waals surface area contributed by atoms with Gasteiger partial charge in [0.15, 0.2) is 6.10 Å². The molecule has 1 amide bonds. The first kappa shape index (κ1) is 30.1. The van der Waals surface area contributed by atoms with Gasteiger partial charge in [0.05, 0.1) is 12.5 Å². The van der Waals surface area contributed by atoms with Crippen LogP contribution in [0.3, 0.4) is 0 Å². The van der Waals surface area contributed by atoms with E-state index >= 15 is 0 Å². The zero-order valence-corrected chi connectivity index (χ0v) is 24.0. The Bertz CT molecular complexity index is 1220. The van der Waals surface area contributed by atoms with Crippen molar-refractivity contribution >= 4 is 29.8 Å². The normalized spacial score (nSPS) is 17.8. The summed E-state index contributed by atoms with van der Waals surface area (Å²) in [7, 11) is 1.38. The van der Waals surface area contributed by atoms with Crippen LogP contribution < -0.4 is 10.6 Å². The average Bonchev–Trinajstić information content (AvgIpc) is 3.52. The molecule has 4 atom stereocenters. The molecule has 0 unspecified atom stereocenters. The fourth-order valence-electron chi connectivity index (χ4n) is 4.62. The van der Waals surface area contributed by atoms with Crippen LogP contribution in [0.15, 0.2) is 91.0 Å². The van der Waals surface area contributed by atoms with E-state index in [4.69, 9.17) is 14.2 Å². The van der Waals surface area contributed by atoms with Gasteiger partial charge in [0.25, 0.3) is 0 Å². The van der Waals surface area contributed by atoms with Crippen molar-refractivity contribution in [2.45, 2.75) is 49.9 Å². The van der Waals surface area contributed by atoms with E-state index < -0.39 is 24.2 Å². The van der Waals surface area contributed by atoms with Crippen LogP contribution in [0.1, 0.15) is 42.6 Å². The van der Waals surface area contributed by atoms with Gasteiger partial charge in [0, 0.05) is 5.75 Å². The summed E-state index contributed by atoms with van der Waals surface area (Å²) in [6.07, 6.45) is -0.407. The molecule has 8 nitrogen and oxygen atoms in total. The molecule has 0 spiro atoms. The monoisotopic (exact) mass is 576 g/mol. The van der Waals surface area contributed by atoms with E-state index in [1.807, 2.05) is 91.0 Å². The molecule has 216 valence electrons. The number of hydrogen-bond acceptors (Lipinski definition) is 8. The van der Waals surface area contributed by atoms with Crippen molar-refractivity contribution in [3.63, 3.8) is 0 Å². The standard InChI is InChI=1S/C32H36N2O6S/c1-22(29-33-27(21-41-29)30(35)38-2)18-19-26(34-32(37)39-20-23-12-6-3-7-13-23)31(36)40-28(24-14-8-4-9-15-24)25-16-10-5-11-17-25/h3-17,22,26-29,33H,18-21H2,1-2H3,(H,34,37)/t22-,26+,27+,29+/m1/s1. The maximum Gasteiger partial charge on any atom is 0.408 e. The minimum atomic E-state index is -0.932. The largest absolute Gasteiger partial charge is 0.468 e. The molecule has 0 aliphatic carbocycles. The van der Waals surface area contributed by atoms with Crippen LogP contribution in [0.5, 0.6) is 0 Å². The maximum absolute atomic E-state index is 13.6. The molecule has 9 heteroatoms. The highest BCUT2D eigenvalue weighted by molar-refractivity contribution is 8.00.